The topological polar surface area (TPSA) is 0 Å². The van der Waals surface area contributed by atoms with Gasteiger partial charge in [-0.15, -0.1) is 0 Å². The van der Waals surface area contributed by atoms with E-state index in [0.29, 0.717) is 0 Å². The van der Waals surface area contributed by atoms with E-state index in [4.69, 9.17) is 0 Å². The zero-order valence-corrected chi connectivity index (χ0v) is 7.98. The van der Waals surface area contributed by atoms with E-state index in [-0.39, 0.29) is 0 Å². The molecule has 2 aliphatic rings. The maximum absolute atomic E-state index is 2.42. The van der Waals surface area contributed by atoms with Crippen LogP contribution in [0.4, 0.5) is 0 Å². The third kappa shape index (κ3) is 1.26. The molecule has 0 aromatic heterocycles. The summed E-state index contributed by atoms with van der Waals surface area (Å²) in [5.74, 6) is 0. The van der Waals surface area contributed by atoms with Crippen LogP contribution in [-0.4, -0.2) is 0 Å². The van der Waals surface area contributed by atoms with Gasteiger partial charge in [0.15, 0.2) is 0 Å². The van der Waals surface area contributed by atoms with Gasteiger partial charge < -0.3 is 0 Å². The van der Waals surface area contributed by atoms with E-state index in [1.54, 1.807) is 22.3 Å². The highest BCUT2D eigenvalue weighted by atomic mass is 14.2. The molecular formula is C12H16. The lowest BCUT2D eigenvalue weighted by atomic mass is 9.82. The molecule has 0 spiro atoms. The van der Waals surface area contributed by atoms with E-state index in [2.05, 4.69) is 26.0 Å². The third-order valence-corrected chi connectivity index (χ3v) is 3.00. The molecule has 0 aromatic carbocycles. The van der Waals surface area contributed by atoms with Crippen LogP contribution >= 0.6 is 0 Å². The highest BCUT2D eigenvalue weighted by Crippen LogP contribution is 2.35. The van der Waals surface area contributed by atoms with Crippen LogP contribution in [0.3, 0.4) is 0 Å². The predicted octanol–water partition coefficient (Wildman–Crippen LogP) is 3.76. The largest absolute Gasteiger partial charge is 0.0804 e. The van der Waals surface area contributed by atoms with Crippen LogP contribution in [0.5, 0.6) is 0 Å². The second-order valence-electron chi connectivity index (χ2n) is 3.95. The van der Waals surface area contributed by atoms with Crippen LogP contribution in [0, 0.1) is 0 Å². The Bertz CT molecular complexity index is 257. The van der Waals surface area contributed by atoms with Crippen molar-refractivity contribution in [1.29, 1.82) is 0 Å². The van der Waals surface area contributed by atoms with Crippen LogP contribution in [-0.2, 0) is 0 Å². The van der Waals surface area contributed by atoms with Crippen molar-refractivity contribution < 1.29 is 0 Å². The summed E-state index contributed by atoms with van der Waals surface area (Å²) >= 11 is 0. The number of hydrogen-bond acceptors (Lipinski definition) is 0. The zero-order valence-electron chi connectivity index (χ0n) is 7.98. The van der Waals surface area contributed by atoms with E-state index >= 15 is 0 Å². The second kappa shape index (κ2) is 2.93. The lowest BCUT2D eigenvalue weighted by Gasteiger charge is -2.23. The van der Waals surface area contributed by atoms with Crippen molar-refractivity contribution >= 4 is 0 Å². The first-order chi connectivity index (χ1) is 5.77. The Balaban J connectivity index is 2.33. The Hall–Kier alpha value is -0.780. The molecule has 0 atom stereocenters. The van der Waals surface area contributed by atoms with Gasteiger partial charge in [-0.3, -0.25) is 0 Å². The van der Waals surface area contributed by atoms with Crippen LogP contribution in [0.2, 0.25) is 0 Å². The smallest absolute Gasteiger partial charge is 0.00676 e. The first kappa shape index (κ1) is 7.85. The summed E-state index contributed by atoms with van der Waals surface area (Å²) in [6.07, 6.45) is 9.77. The van der Waals surface area contributed by atoms with Gasteiger partial charge >= 0.3 is 0 Å². The first-order valence-corrected chi connectivity index (χ1v) is 4.81. The molecule has 0 heterocycles. The number of allylic oxidation sites excluding steroid dienone is 6. The maximum atomic E-state index is 2.42. The highest BCUT2D eigenvalue weighted by molar-refractivity contribution is 5.44. The van der Waals surface area contributed by atoms with Gasteiger partial charge in [-0.05, 0) is 50.7 Å². The minimum absolute atomic E-state index is 1.21. The van der Waals surface area contributed by atoms with Gasteiger partial charge in [0.25, 0.3) is 0 Å². The summed E-state index contributed by atoms with van der Waals surface area (Å²) < 4.78 is 0. The summed E-state index contributed by atoms with van der Waals surface area (Å²) in [6.45, 7) is 4.53. The van der Waals surface area contributed by atoms with Gasteiger partial charge in [0.05, 0.1) is 0 Å². The molecule has 0 radical (unpaired) electrons. The third-order valence-electron chi connectivity index (χ3n) is 3.00. The fourth-order valence-electron chi connectivity index (χ4n) is 2.02. The molecular weight excluding hydrogens is 144 g/mol. The fourth-order valence-corrected chi connectivity index (χ4v) is 2.02. The number of rotatable bonds is 0. The van der Waals surface area contributed by atoms with Crippen molar-refractivity contribution in [1.82, 2.24) is 0 Å². The van der Waals surface area contributed by atoms with Gasteiger partial charge in [0.1, 0.15) is 0 Å². The van der Waals surface area contributed by atoms with Crippen LogP contribution < -0.4 is 0 Å². The van der Waals surface area contributed by atoms with E-state index in [9.17, 15) is 0 Å². The molecule has 0 saturated carbocycles. The van der Waals surface area contributed by atoms with E-state index in [1.807, 2.05) is 0 Å². The molecule has 0 heteroatoms. The van der Waals surface area contributed by atoms with E-state index < -0.39 is 0 Å². The zero-order chi connectivity index (χ0) is 8.55. The maximum Gasteiger partial charge on any atom is -0.00676 e. The molecule has 64 valence electrons. The molecule has 0 bridgehead atoms. The molecule has 0 aliphatic heterocycles. The fraction of sp³-hybridized carbons (Fsp3) is 0.500. The van der Waals surface area contributed by atoms with Gasteiger partial charge in [-0.25, -0.2) is 0 Å². The summed E-state index contributed by atoms with van der Waals surface area (Å²) in [7, 11) is 0. The van der Waals surface area contributed by atoms with Crippen LogP contribution in [0.15, 0.2) is 34.4 Å². The summed E-state index contributed by atoms with van der Waals surface area (Å²) in [5.41, 5.74) is 6.37. The van der Waals surface area contributed by atoms with Crippen LogP contribution in [0.25, 0.3) is 0 Å². The molecule has 2 aliphatic carbocycles. The van der Waals surface area contributed by atoms with Crippen molar-refractivity contribution in [2.45, 2.75) is 39.5 Å². The Labute approximate surface area is 74.7 Å². The van der Waals surface area contributed by atoms with E-state index in [0.717, 1.165) is 0 Å². The van der Waals surface area contributed by atoms with Crippen molar-refractivity contribution in [3.05, 3.63) is 34.4 Å². The molecule has 0 fully saturated rings. The van der Waals surface area contributed by atoms with Gasteiger partial charge in [-0.2, -0.15) is 0 Å². The standard InChI is InChI=1S/C12H16/c1-9-7-11-5-3-4-6-12(11)8-10(9)2/h5-6H,3-4,7-8H2,1-2H3. The molecule has 0 nitrogen and oxygen atoms in total. The van der Waals surface area contributed by atoms with Crippen molar-refractivity contribution in [3.8, 4) is 0 Å². The first-order valence-electron chi connectivity index (χ1n) is 4.81. The Morgan fingerprint density at radius 2 is 1.25 bits per heavy atom. The Morgan fingerprint density at radius 3 is 1.67 bits per heavy atom. The molecule has 12 heavy (non-hydrogen) atoms. The van der Waals surface area contributed by atoms with Gasteiger partial charge in [0.2, 0.25) is 0 Å². The normalized spacial score (nSPS) is 23.2. The molecule has 0 saturated heterocycles. The summed E-state index contributed by atoms with van der Waals surface area (Å²) in [6, 6.07) is 0. The minimum Gasteiger partial charge on any atom is -0.0804 e. The number of hydrogen-bond donors (Lipinski definition) is 0. The SMILES string of the molecule is CC1=C(C)CC2=CCCC=C2C1. The summed E-state index contributed by atoms with van der Waals surface area (Å²) in [4.78, 5) is 0. The van der Waals surface area contributed by atoms with Gasteiger partial charge in [0, 0.05) is 0 Å². The quantitative estimate of drug-likeness (QED) is 0.473. The molecule has 0 amide bonds. The molecule has 0 unspecified atom stereocenters. The molecule has 0 aromatic rings. The van der Waals surface area contributed by atoms with E-state index in [1.165, 1.54) is 25.7 Å². The average molecular weight is 160 g/mol. The molecule has 2 rings (SSSR count). The second-order valence-corrected chi connectivity index (χ2v) is 3.95. The Kier molecular flexibility index (Phi) is 1.92. The monoisotopic (exact) mass is 160 g/mol. The minimum atomic E-state index is 1.21. The lowest BCUT2D eigenvalue weighted by molar-refractivity contribution is 0.878. The summed E-state index contributed by atoms with van der Waals surface area (Å²) in [5, 5.41) is 0. The van der Waals surface area contributed by atoms with Crippen molar-refractivity contribution in [3.63, 3.8) is 0 Å². The Morgan fingerprint density at radius 1 is 0.833 bits per heavy atom. The van der Waals surface area contributed by atoms with Gasteiger partial charge in [-0.1, -0.05) is 23.3 Å². The van der Waals surface area contributed by atoms with Crippen molar-refractivity contribution in [2.75, 3.05) is 0 Å². The average Bonchev–Trinajstić information content (AvgIpc) is 2.07. The molecule has 0 N–H and O–H groups in total. The lowest BCUT2D eigenvalue weighted by Crippen LogP contribution is -2.04. The van der Waals surface area contributed by atoms with Crippen LogP contribution in [0.1, 0.15) is 39.5 Å². The predicted molar refractivity (Wildman–Crippen MR) is 53.0 cm³/mol. The van der Waals surface area contributed by atoms with Crippen molar-refractivity contribution in [2.24, 2.45) is 0 Å². The number of fused-ring (bicyclic) bond motifs is 1. The highest BCUT2D eigenvalue weighted by Gasteiger charge is 2.15.